The lowest BCUT2D eigenvalue weighted by Crippen LogP contribution is -2.49. The number of likely N-dealkylation sites (tertiary alicyclic amines) is 2. The van der Waals surface area contributed by atoms with Crippen molar-refractivity contribution < 1.29 is 28.9 Å². The highest BCUT2D eigenvalue weighted by Crippen LogP contribution is 2.34. The highest BCUT2D eigenvalue weighted by Gasteiger charge is 2.32. The van der Waals surface area contributed by atoms with Gasteiger partial charge in [-0.1, -0.05) is 13.3 Å². The van der Waals surface area contributed by atoms with Gasteiger partial charge in [0.15, 0.2) is 5.82 Å². The molecule has 2 saturated heterocycles. The van der Waals surface area contributed by atoms with Crippen LogP contribution < -0.4 is 15.4 Å². The van der Waals surface area contributed by atoms with Gasteiger partial charge in [0.2, 0.25) is 5.95 Å². The molecular formula is C35H53N9O6. The van der Waals surface area contributed by atoms with Crippen molar-refractivity contribution >= 4 is 35.0 Å². The first kappa shape index (κ1) is 37.0. The number of aliphatic hydroxyl groups excluding tert-OH is 1. The van der Waals surface area contributed by atoms with E-state index in [1.165, 1.54) is 7.11 Å². The van der Waals surface area contributed by atoms with Gasteiger partial charge in [0.05, 0.1) is 27.0 Å². The number of carbonyl (C=O) groups is 2. The largest absolute Gasteiger partial charge is 0.495 e. The molecule has 1 atom stereocenters. The van der Waals surface area contributed by atoms with Crippen LogP contribution in [0, 0.1) is 0 Å². The number of rotatable bonds is 12. The number of nitrogens with zero attached hydrogens (tertiary/aromatic N) is 7. The molecule has 2 aliphatic rings. The number of hydrogen-bond acceptors (Lipinski definition) is 12. The lowest BCUT2D eigenvalue weighted by Gasteiger charge is -2.42. The molecule has 0 radical (unpaired) electrons. The molecule has 3 aromatic rings. The minimum atomic E-state index is -0.677. The molecule has 1 unspecified atom stereocenters. The van der Waals surface area contributed by atoms with Crippen LogP contribution in [0.4, 0.5) is 21.4 Å². The zero-order chi connectivity index (χ0) is 35.8. The van der Waals surface area contributed by atoms with Crippen molar-refractivity contribution in [2.45, 2.75) is 103 Å². The van der Waals surface area contributed by atoms with E-state index in [9.17, 15) is 14.7 Å². The van der Waals surface area contributed by atoms with Gasteiger partial charge in [0.1, 0.15) is 28.1 Å². The first-order valence-electron chi connectivity index (χ1n) is 17.7. The molecule has 274 valence electrons. The number of aliphatic hydroxyl groups is 1. The summed E-state index contributed by atoms with van der Waals surface area (Å²) in [5.74, 6) is 1.64. The Hall–Kier alpha value is -4.24. The third-order valence-electron chi connectivity index (χ3n) is 9.45. The second-order valence-corrected chi connectivity index (χ2v) is 14.1. The van der Waals surface area contributed by atoms with Crippen molar-refractivity contribution in [3.05, 3.63) is 29.7 Å². The van der Waals surface area contributed by atoms with Gasteiger partial charge in [0, 0.05) is 38.0 Å². The van der Waals surface area contributed by atoms with Gasteiger partial charge < -0.3 is 34.4 Å². The highest BCUT2D eigenvalue weighted by molar-refractivity contribution is 5.89. The molecule has 15 heteroatoms. The van der Waals surface area contributed by atoms with E-state index < -0.39 is 11.7 Å². The van der Waals surface area contributed by atoms with Gasteiger partial charge in [-0.2, -0.15) is 10.1 Å². The smallest absolute Gasteiger partial charge is 0.413 e. The third-order valence-corrected chi connectivity index (χ3v) is 9.45. The standard InChI is InChI=1S/C35H53N9O6/c1-7-8-25(13-18-45)38-31-30-27(39-32(40-31)41-33(46)49-6)21-37-44(30)22-28-29(48-5)19-24(20-36-28)23-9-14-42(15-10-23)26-11-16-43(17-12-26)34(47)50-35(2,3)4/h19-21,23,25-26,45H,7-18,22H2,1-6H3,(H2,38,39,40,41,46). The van der Waals surface area contributed by atoms with E-state index >= 15 is 0 Å². The molecule has 2 amide bonds. The van der Waals surface area contributed by atoms with Crippen LogP contribution in [-0.4, -0.2) is 117 Å². The number of piperidine rings is 2. The van der Waals surface area contributed by atoms with Crippen LogP contribution in [0.3, 0.4) is 0 Å². The molecule has 0 aliphatic carbocycles. The van der Waals surface area contributed by atoms with Crippen LogP contribution in [0.5, 0.6) is 5.75 Å². The van der Waals surface area contributed by atoms with Gasteiger partial charge >= 0.3 is 12.2 Å². The highest BCUT2D eigenvalue weighted by atomic mass is 16.6. The van der Waals surface area contributed by atoms with Gasteiger partial charge in [-0.05, 0) is 89.9 Å². The van der Waals surface area contributed by atoms with Crippen LogP contribution in [0.15, 0.2) is 18.5 Å². The predicted octanol–water partition coefficient (Wildman–Crippen LogP) is 5.00. The quantitative estimate of drug-likeness (QED) is 0.232. The normalized spacial score (nSPS) is 17.1. The number of amides is 2. The zero-order valence-electron chi connectivity index (χ0n) is 30.3. The van der Waals surface area contributed by atoms with Crippen LogP contribution in [0.25, 0.3) is 11.0 Å². The molecule has 0 spiro atoms. The fourth-order valence-corrected chi connectivity index (χ4v) is 6.89. The second kappa shape index (κ2) is 16.6. The van der Waals surface area contributed by atoms with Crippen molar-refractivity contribution in [1.29, 1.82) is 0 Å². The monoisotopic (exact) mass is 695 g/mol. The Labute approximate surface area is 294 Å². The van der Waals surface area contributed by atoms with E-state index in [1.54, 1.807) is 18.0 Å². The molecule has 50 heavy (non-hydrogen) atoms. The van der Waals surface area contributed by atoms with E-state index in [4.69, 9.17) is 19.2 Å². The minimum Gasteiger partial charge on any atom is -0.495 e. The maximum atomic E-state index is 12.5. The maximum Gasteiger partial charge on any atom is 0.413 e. The maximum absolute atomic E-state index is 12.5. The van der Waals surface area contributed by atoms with Crippen molar-refractivity contribution in [2.75, 3.05) is 57.6 Å². The Morgan fingerprint density at radius 3 is 2.42 bits per heavy atom. The Morgan fingerprint density at radius 1 is 1.04 bits per heavy atom. The molecule has 0 saturated carbocycles. The molecule has 5 rings (SSSR count). The predicted molar refractivity (Wildman–Crippen MR) is 190 cm³/mol. The topological polar surface area (TPSA) is 169 Å². The Bertz CT molecular complexity index is 1590. The summed E-state index contributed by atoms with van der Waals surface area (Å²) in [7, 11) is 2.93. The molecule has 2 fully saturated rings. The van der Waals surface area contributed by atoms with Gasteiger partial charge in [-0.3, -0.25) is 15.0 Å². The summed E-state index contributed by atoms with van der Waals surface area (Å²) in [6, 6.07) is 2.53. The summed E-state index contributed by atoms with van der Waals surface area (Å²) in [4.78, 5) is 42.8. The first-order valence-corrected chi connectivity index (χ1v) is 17.7. The molecule has 15 nitrogen and oxygen atoms in total. The summed E-state index contributed by atoms with van der Waals surface area (Å²) in [5, 5.41) is 20.3. The number of aromatic nitrogens is 5. The average Bonchev–Trinajstić information content (AvgIpc) is 3.50. The molecule has 5 heterocycles. The molecular weight excluding hydrogens is 642 g/mol. The average molecular weight is 696 g/mol. The first-order chi connectivity index (χ1) is 24.0. The van der Waals surface area contributed by atoms with Crippen molar-refractivity contribution in [3.8, 4) is 5.75 Å². The van der Waals surface area contributed by atoms with E-state index in [0.717, 1.165) is 76.0 Å². The summed E-state index contributed by atoms with van der Waals surface area (Å²) in [5.41, 5.74) is 2.58. The molecule has 3 aromatic heterocycles. The minimum absolute atomic E-state index is 0.0279. The van der Waals surface area contributed by atoms with E-state index in [-0.39, 0.29) is 24.7 Å². The van der Waals surface area contributed by atoms with Gasteiger partial charge in [-0.25, -0.2) is 14.6 Å². The Morgan fingerprint density at radius 2 is 1.78 bits per heavy atom. The summed E-state index contributed by atoms with van der Waals surface area (Å²) in [6.07, 6.45) is 8.94. The number of pyridine rings is 1. The van der Waals surface area contributed by atoms with Crippen LogP contribution in [-0.2, 0) is 16.0 Å². The molecule has 3 N–H and O–H groups in total. The number of hydrogen-bond donors (Lipinski definition) is 3. The molecule has 2 aliphatic heterocycles. The number of ether oxygens (including phenoxy) is 3. The lowest BCUT2D eigenvalue weighted by atomic mass is 9.88. The summed E-state index contributed by atoms with van der Waals surface area (Å²) >= 11 is 0. The van der Waals surface area contributed by atoms with E-state index in [2.05, 4.69) is 43.6 Å². The van der Waals surface area contributed by atoms with Crippen LogP contribution >= 0.6 is 0 Å². The Balaban J connectivity index is 1.26. The lowest BCUT2D eigenvalue weighted by molar-refractivity contribution is 0.0127. The second-order valence-electron chi connectivity index (χ2n) is 14.1. The number of nitrogens with one attached hydrogen (secondary N) is 2. The van der Waals surface area contributed by atoms with Gasteiger partial charge in [-0.15, -0.1) is 0 Å². The van der Waals surface area contributed by atoms with Crippen molar-refractivity contribution in [3.63, 3.8) is 0 Å². The fourth-order valence-electron chi connectivity index (χ4n) is 6.89. The zero-order valence-corrected chi connectivity index (χ0v) is 30.3. The molecule has 0 aromatic carbocycles. The van der Waals surface area contributed by atoms with Gasteiger partial charge in [0.25, 0.3) is 0 Å². The van der Waals surface area contributed by atoms with Crippen LogP contribution in [0.2, 0.25) is 0 Å². The number of methoxy groups -OCH3 is 2. The molecule has 0 bridgehead atoms. The van der Waals surface area contributed by atoms with Crippen molar-refractivity contribution in [1.82, 2.24) is 34.5 Å². The Kier molecular flexibility index (Phi) is 12.3. The summed E-state index contributed by atoms with van der Waals surface area (Å²) < 4.78 is 17.9. The number of anilines is 2. The van der Waals surface area contributed by atoms with E-state index in [1.807, 2.05) is 31.9 Å². The van der Waals surface area contributed by atoms with E-state index in [0.29, 0.717) is 47.5 Å². The number of carbonyl (C=O) groups excluding carboxylic acids is 2. The SMILES string of the molecule is CCCC(CCO)Nc1nc(NC(=O)OC)nc2cnn(Cc3ncc(C4CCN(C5CCN(C(=O)OC(C)(C)C)CC5)CC4)cc3OC)c12. The number of fused-ring (bicyclic) bond motifs is 1. The summed E-state index contributed by atoms with van der Waals surface area (Å²) in [6.45, 7) is 11.6. The third kappa shape index (κ3) is 9.30. The fraction of sp³-hybridized carbons (Fsp3) is 0.657. The van der Waals surface area contributed by atoms with Crippen LogP contribution in [0.1, 0.15) is 89.8 Å². The van der Waals surface area contributed by atoms with Crippen molar-refractivity contribution in [2.24, 2.45) is 0 Å².